The molecule has 6 nitrogen and oxygen atoms in total. The Morgan fingerprint density at radius 2 is 2.14 bits per heavy atom. The Bertz CT molecular complexity index is 326. The lowest BCUT2D eigenvalue weighted by molar-refractivity contribution is 0.310. The number of nitrogen functional groups attached to an aromatic ring is 1. The van der Waals surface area contributed by atoms with Crippen LogP contribution in [0.1, 0.15) is 24.6 Å². The number of aliphatic hydroxyl groups excluding tert-OH is 1. The number of hydrogen-bond acceptors (Lipinski definition) is 6. The number of nitrogens with one attached hydrogen (secondary N) is 1. The molecule has 0 saturated heterocycles. The number of nitrogens with zero attached hydrogens (tertiary/aromatic N) is 3. The highest BCUT2D eigenvalue weighted by Crippen LogP contribution is 2.38. The predicted molar refractivity (Wildman–Crippen MR) is 51.8 cm³/mol. The van der Waals surface area contributed by atoms with Gasteiger partial charge in [0, 0.05) is 12.5 Å². The molecule has 0 unspecified atom stereocenters. The first kappa shape index (κ1) is 9.14. The van der Waals surface area contributed by atoms with Gasteiger partial charge in [-0.25, -0.2) is 0 Å². The molecule has 1 aliphatic rings. The summed E-state index contributed by atoms with van der Waals surface area (Å²) in [5, 5.41) is 11.5. The monoisotopic (exact) mass is 195 g/mol. The Morgan fingerprint density at radius 3 is 2.79 bits per heavy atom. The van der Waals surface area contributed by atoms with Crippen molar-refractivity contribution in [1.82, 2.24) is 15.0 Å². The first-order chi connectivity index (χ1) is 6.79. The van der Waals surface area contributed by atoms with E-state index in [1.807, 2.05) is 0 Å². The number of aromatic nitrogens is 3. The molecule has 0 aromatic carbocycles. The van der Waals surface area contributed by atoms with Gasteiger partial charge < -0.3 is 16.2 Å². The number of anilines is 2. The molecule has 0 aliphatic heterocycles. The second-order valence-corrected chi connectivity index (χ2v) is 3.30. The Kier molecular flexibility index (Phi) is 2.45. The first-order valence-corrected chi connectivity index (χ1v) is 4.66. The van der Waals surface area contributed by atoms with Crippen LogP contribution < -0.4 is 11.1 Å². The minimum absolute atomic E-state index is 0.0460. The molecule has 76 valence electrons. The topological polar surface area (TPSA) is 97.0 Å². The third kappa shape index (κ3) is 2.08. The van der Waals surface area contributed by atoms with Crippen molar-refractivity contribution in [3.05, 3.63) is 5.82 Å². The first-order valence-electron chi connectivity index (χ1n) is 4.66. The zero-order valence-corrected chi connectivity index (χ0v) is 7.77. The molecule has 14 heavy (non-hydrogen) atoms. The highest BCUT2D eigenvalue weighted by atomic mass is 16.3. The van der Waals surface area contributed by atoms with E-state index in [0.717, 1.165) is 18.7 Å². The molecule has 6 heteroatoms. The molecule has 0 spiro atoms. The zero-order valence-electron chi connectivity index (χ0n) is 7.77. The Balaban J connectivity index is 2.13. The standard InChI is InChI=1S/C8H13N5O/c9-7-11-6(5-1-2-5)12-8(13-7)10-3-4-14/h5,14H,1-4H2,(H3,9,10,11,12,13). The fourth-order valence-corrected chi connectivity index (χ4v) is 1.18. The maximum absolute atomic E-state index is 8.62. The van der Waals surface area contributed by atoms with Gasteiger partial charge in [0.2, 0.25) is 11.9 Å². The van der Waals surface area contributed by atoms with Crippen LogP contribution in [-0.4, -0.2) is 33.2 Å². The molecule has 1 aromatic rings. The van der Waals surface area contributed by atoms with E-state index in [1.54, 1.807) is 0 Å². The van der Waals surface area contributed by atoms with Crippen LogP contribution in [0.5, 0.6) is 0 Å². The van der Waals surface area contributed by atoms with Crippen LogP contribution in [0.4, 0.5) is 11.9 Å². The maximum atomic E-state index is 8.62. The third-order valence-electron chi connectivity index (χ3n) is 2.01. The van der Waals surface area contributed by atoms with Gasteiger partial charge in [-0.05, 0) is 12.8 Å². The minimum Gasteiger partial charge on any atom is -0.395 e. The summed E-state index contributed by atoms with van der Waals surface area (Å²) in [5.74, 6) is 1.91. The number of nitrogens with two attached hydrogens (primary N) is 1. The van der Waals surface area contributed by atoms with Crippen LogP contribution in [0.3, 0.4) is 0 Å². The van der Waals surface area contributed by atoms with Crippen LogP contribution in [-0.2, 0) is 0 Å². The lowest BCUT2D eigenvalue weighted by Gasteiger charge is -2.04. The minimum atomic E-state index is 0.0460. The van der Waals surface area contributed by atoms with E-state index in [0.29, 0.717) is 18.4 Å². The van der Waals surface area contributed by atoms with E-state index < -0.39 is 0 Å². The van der Waals surface area contributed by atoms with Gasteiger partial charge in [-0.1, -0.05) is 0 Å². The molecule has 1 saturated carbocycles. The second-order valence-electron chi connectivity index (χ2n) is 3.30. The van der Waals surface area contributed by atoms with Crippen molar-refractivity contribution in [3.8, 4) is 0 Å². The normalized spacial score (nSPS) is 15.5. The summed E-state index contributed by atoms with van der Waals surface area (Å²) in [6.07, 6.45) is 2.26. The van der Waals surface area contributed by atoms with Gasteiger partial charge in [-0.15, -0.1) is 0 Å². The highest BCUT2D eigenvalue weighted by Gasteiger charge is 2.27. The van der Waals surface area contributed by atoms with Crippen molar-refractivity contribution < 1.29 is 5.11 Å². The van der Waals surface area contributed by atoms with Crippen LogP contribution in [0.25, 0.3) is 0 Å². The molecule has 2 rings (SSSR count). The van der Waals surface area contributed by atoms with Crippen LogP contribution in [0, 0.1) is 0 Å². The SMILES string of the molecule is Nc1nc(NCCO)nc(C2CC2)n1. The fraction of sp³-hybridized carbons (Fsp3) is 0.625. The highest BCUT2D eigenvalue weighted by molar-refractivity contribution is 5.32. The third-order valence-corrected chi connectivity index (χ3v) is 2.01. The summed E-state index contributed by atoms with van der Waals surface area (Å²) >= 11 is 0. The van der Waals surface area contributed by atoms with Gasteiger partial charge in [0.05, 0.1) is 6.61 Å². The smallest absolute Gasteiger partial charge is 0.227 e. The molecule has 0 radical (unpaired) electrons. The van der Waals surface area contributed by atoms with Crippen molar-refractivity contribution in [2.24, 2.45) is 0 Å². The molecule has 1 aliphatic carbocycles. The summed E-state index contributed by atoms with van der Waals surface area (Å²) in [7, 11) is 0. The van der Waals surface area contributed by atoms with E-state index in [9.17, 15) is 0 Å². The molecule has 1 heterocycles. The van der Waals surface area contributed by atoms with Gasteiger partial charge >= 0.3 is 0 Å². The Hall–Kier alpha value is -1.43. The zero-order chi connectivity index (χ0) is 9.97. The van der Waals surface area contributed by atoms with Gasteiger partial charge in [0.15, 0.2) is 0 Å². The largest absolute Gasteiger partial charge is 0.395 e. The van der Waals surface area contributed by atoms with Crippen molar-refractivity contribution >= 4 is 11.9 Å². The maximum Gasteiger partial charge on any atom is 0.227 e. The quantitative estimate of drug-likeness (QED) is 0.612. The van der Waals surface area contributed by atoms with Gasteiger partial charge in [-0.2, -0.15) is 15.0 Å². The summed E-state index contributed by atoms with van der Waals surface area (Å²) in [6.45, 7) is 0.470. The van der Waals surface area contributed by atoms with E-state index >= 15 is 0 Å². The summed E-state index contributed by atoms with van der Waals surface area (Å²) < 4.78 is 0. The Morgan fingerprint density at radius 1 is 1.36 bits per heavy atom. The molecule has 1 fully saturated rings. The Labute approximate surface area is 81.6 Å². The molecule has 0 atom stereocenters. The molecule has 1 aromatic heterocycles. The number of aliphatic hydroxyl groups is 1. The second kappa shape index (κ2) is 3.75. The van der Waals surface area contributed by atoms with Gasteiger partial charge in [0.25, 0.3) is 0 Å². The lowest BCUT2D eigenvalue weighted by Crippen LogP contribution is -2.12. The van der Waals surface area contributed by atoms with Crippen LogP contribution >= 0.6 is 0 Å². The van der Waals surface area contributed by atoms with Crippen LogP contribution in [0.2, 0.25) is 0 Å². The predicted octanol–water partition coefficient (Wildman–Crippen LogP) is -0.265. The number of rotatable bonds is 4. The summed E-state index contributed by atoms with van der Waals surface area (Å²) in [6, 6.07) is 0. The molecular formula is C8H13N5O. The lowest BCUT2D eigenvalue weighted by atomic mass is 10.4. The van der Waals surface area contributed by atoms with Crippen molar-refractivity contribution in [2.45, 2.75) is 18.8 Å². The van der Waals surface area contributed by atoms with E-state index in [2.05, 4.69) is 20.3 Å². The van der Waals surface area contributed by atoms with Crippen molar-refractivity contribution in [3.63, 3.8) is 0 Å². The number of hydrogen-bond donors (Lipinski definition) is 3. The average molecular weight is 195 g/mol. The van der Waals surface area contributed by atoms with Gasteiger partial charge in [0.1, 0.15) is 5.82 Å². The molecule has 0 bridgehead atoms. The van der Waals surface area contributed by atoms with Crippen LogP contribution in [0.15, 0.2) is 0 Å². The molecular weight excluding hydrogens is 182 g/mol. The molecule has 4 N–H and O–H groups in total. The van der Waals surface area contributed by atoms with E-state index in [4.69, 9.17) is 10.8 Å². The van der Waals surface area contributed by atoms with Crippen molar-refractivity contribution in [1.29, 1.82) is 0 Å². The van der Waals surface area contributed by atoms with E-state index in [1.165, 1.54) is 0 Å². The summed E-state index contributed by atoms with van der Waals surface area (Å²) in [4.78, 5) is 12.2. The fourth-order valence-electron chi connectivity index (χ4n) is 1.18. The molecule has 0 amide bonds. The summed E-state index contributed by atoms with van der Waals surface area (Å²) in [5.41, 5.74) is 5.53. The van der Waals surface area contributed by atoms with Crippen molar-refractivity contribution in [2.75, 3.05) is 24.2 Å². The van der Waals surface area contributed by atoms with E-state index in [-0.39, 0.29) is 12.6 Å². The van der Waals surface area contributed by atoms with Gasteiger partial charge in [-0.3, -0.25) is 0 Å². The average Bonchev–Trinajstić information content (AvgIpc) is 2.97.